The van der Waals surface area contributed by atoms with E-state index < -0.39 is 0 Å². The van der Waals surface area contributed by atoms with Crippen molar-refractivity contribution in [2.75, 3.05) is 6.54 Å². The van der Waals surface area contributed by atoms with Crippen molar-refractivity contribution in [3.63, 3.8) is 0 Å². The van der Waals surface area contributed by atoms with Crippen molar-refractivity contribution in [3.05, 3.63) is 28.8 Å². The van der Waals surface area contributed by atoms with Crippen molar-refractivity contribution in [2.24, 2.45) is 5.73 Å². The Kier molecular flexibility index (Phi) is 2.94. The molecular formula is C11H14ClNO. The second-order valence-corrected chi connectivity index (χ2v) is 4.01. The SMILES string of the molecule is NCCCC1Cc2cccc(Cl)c2O1. The monoisotopic (exact) mass is 211 g/mol. The van der Waals surface area contributed by atoms with Gasteiger partial charge in [-0.3, -0.25) is 0 Å². The van der Waals surface area contributed by atoms with Gasteiger partial charge in [0.25, 0.3) is 0 Å². The Morgan fingerprint density at radius 1 is 1.50 bits per heavy atom. The number of nitrogens with two attached hydrogens (primary N) is 1. The predicted octanol–water partition coefficient (Wildman–Crippen LogP) is 2.38. The van der Waals surface area contributed by atoms with Gasteiger partial charge in [0.05, 0.1) is 5.02 Å². The van der Waals surface area contributed by atoms with E-state index in [-0.39, 0.29) is 6.10 Å². The van der Waals surface area contributed by atoms with Crippen LogP contribution in [0.4, 0.5) is 0 Å². The van der Waals surface area contributed by atoms with E-state index in [9.17, 15) is 0 Å². The molecule has 0 bridgehead atoms. The molecule has 76 valence electrons. The Morgan fingerprint density at radius 3 is 3.07 bits per heavy atom. The molecule has 1 aromatic carbocycles. The normalized spacial score (nSPS) is 19.1. The average molecular weight is 212 g/mol. The van der Waals surface area contributed by atoms with E-state index in [2.05, 4.69) is 6.07 Å². The third-order valence-electron chi connectivity index (χ3n) is 2.51. The maximum atomic E-state index is 6.02. The molecule has 0 spiro atoms. The zero-order valence-electron chi connectivity index (χ0n) is 8.00. The van der Waals surface area contributed by atoms with E-state index in [1.807, 2.05) is 12.1 Å². The van der Waals surface area contributed by atoms with Gasteiger partial charge in [-0.15, -0.1) is 0 Å². The maximum absolute atomic E-state index is 6.02. The minimum Gasteiger partial charge on any atom is -0.488 e. The molecule has 2 nitrogen and oxygen atoms in total. The second kappa shape index (κ2) is 4.20. The molecule has 14 heavy (non-hydrogen) atoms. The molecule has 0 amide bonds. The highest BCUT2D eigenvalue weighted by molar-refractivity contribution is 6.32. The summed E-state index contributed by atoms with van der Waals surface area (Å²) in [6, 6.07) is 5.91. The van der Waals surface area contributed by atoms with Crippen molar-refractivity contribution in [1.29, 1.82) is 0 Å². The Bertz CT molecular complexity index is 327. The third-order valence-corrected chi connectivity index (χ3v) is 2.81. The fraction of sp³-hybridized carbons (Fsp3) is 0.455. The van der Waals surface area contributed by atoms with Crippen molar-refractivity contribution in [1.82, 2.24) is 0 Å². The first-order chi connectivity index (χ1) is 6.81. The largest absolute Gasteiger partial charge is 0.488 e. The summed E-state index contributed by atoms with van der Waals surface area (Å²) in [6.07, 6.45) is 3.27. The number of rotatable bonds is 3. The minimum absolute atomic E-state index is 0.272. The zero-order valence-corrected chi connectivity index (χ0v) is 8.76. The Morgan fingerprint density at radius 2 is 2.36 bits per heavy atom. The van der Waals surface area contributed by atoms with Gasteiger partial charge in [-0.1, -0.05) is 23.7 Å². The predicted molar refractivity (Wildman–Crippen MR) is 57.9 cm³/mol. The van der Waals surface area contributed by atoms with Gasteiger partial charge in [-0.25, -0.2) is 0 Å². The maximum Gasteiger partial charge on any atom is 0.141 e. The number of halogens is 1. The molecule has 0 saturated heterocycles. The van der Waals surface area contributed by atoms with Crippen molar-refractivity contribution in [2.45, 2.75) is 25.4 Å². The lowest BCUT2D eigenvalue weighted by Gasteiger charge is -2.09. The highest BCUT2D eigenvalue weighted by atomic mass is 35.5. The number of benzene rings is 1. The molecule has 1 atom stereocenters. The van der Waals surface area contributed by atoms with Gasteiger partial charge < -0.3 is 10.5 Å². The second-order valence-electron chi connectivity index (χ2n) is 3.60. The van der Waals surface area contributed by atoms with E-state index in [0.29, 0.717) is 0 Å². The molecule has 0 saturated carbocycles. The van der Waals surface area contributed by atoms with Crippen LogP contribution in [-0.4, -0.2) is 12.6 Å². The minimum atomic E-state index is 0.272. The van der Waals surface area contributed by atoms with Crippen LogP contribution >= 0.6 is 11.6 Å². The number of ether oxygens (including phenoxy) is 1. The molecule has 3 heteroatoms. The summed E-state index contributed by atoms with van der Waals surface area (Å²) < 4.78 is 5.75. The van der Waals surface area contributed by atoms with Crippen LogP contribution in [0.15, 0.2) is 18.2 Å². The van der Waals surface area contributed by atoms with Crippen LogP contribution in [0.1, 0.15) is 18.4 Å². The van der Waals surface area contributed by atoms with E-state index in [4.69, 9.17) is 22.1 Å². The Labute approximate surface area is 89.0 Å². The van der Waals surface area contributed by atoms with Crippen molar-refractivity contribution < 1.29 is 4.74 Å². The standard InChI is InChI=1S/C11H14ClNO/c12-10-5-1-3-8-7-9(4-2-6-13)14-11(8)10/h1,3,5,9H,2,4,6-7,13H2. The average Bonchev–Trinajstić information content (AvgIpc) is 2.59. The van der Waals surface area contributed by atoms with Crippen LogP contribution in [0, 0.1) is 0 Å². The van der Waals surface area contributed by atoms with E-state index in [0.717, 1.165) is 36.6 Å². The van der Waals surface area contributed by atoms with Crippen LogP contribution in [0.3, 0.4) is 0 Å². The highest BCUT2D eigenvalue weighted by Gasteiger charge is 2.23. The fourth-order valence-corrected chi connectivity index (χ4v) is 2.05. The molecule has 2 N–H and O–H groups in total. The summed E-state index contributed by atoms with van der Waals surface area (Å²) in [5.41, 5.74) is 6.68. The summed E-state index contributed by atoms with van der Waals surface area (Å²) in [4.78, 5) is 0. The molecule has 1 aliphatic rings. The van der Waals surface area contributed by atoms with Crippen LogP contribution in [0.25, 0.3) is 0 Å². The van der Waals surface area contributed by atoms with Gasteiger partial charge in [-0.2, -0.15) is 0 Å². The molecule has 0 fully saturated rings. The van der Waals surface area contributed by atoms with Crippen LogP contribution < -0.4 is 10.5 Å². The van der Waals surface area contributed by atoms with Gasteiger partial charge in [0.15, 0.2) is 0 Å². The number of hydrogen-bond donors (Lipinski definition) is 1. The van der Waals surface area contributed by atoms with Crippen molar-refractivity contribution >= 4 is 11.6 Å². The van der Waals surface area contributed by atoms with Gasteiger partial charge in [-0.05, 0) is 31.0 Å². The molecule has 0 aromatic heterocycles. The topological polar surface area (TPSA) is 35.2 Å². The summed E-state index contributed by atoms with van der Waals surface area (Å²) >= 11 is 6.02. The first-order valence-electron chi connectivity index (χ1n) is 4.95. The quantitative estimate of drug-likeness (QED) is 0.833. The van der Waals surface area contributed by atoms with Gasteiger partial charge in [0, 0.05) is 6.42 Å². The Hall–Kier alpha value is -0.730. The smallest absolute Gasteiger partial charge is 0.141 e. The molecule has 1 unspecified atom stereocenters. The Balaban J connectivity index is 2.06. The van der Waals surface area contributed by atoms with Crippen molar-refractivity contribution in [3.8, 4) is 5.75 Å². The first kappa shape index (κ1) is 9.81. The summed E-state index contributed by atoms with van der Waals surface area (Å²) in [7, 11) is 0. The van der Waals surface area contributed by atoms with Gasteiger partial charge in [0.1, 0.15) is 11.9 Å². The molecule has 2 rings (SSSR count). The highest BCUT2D eigenvalue weighted by Crippen LogP contribution is 2.36. The van der Waals surface area contributed by atoms with E-state index in [1.165, 1.54) is 5.56 Å². The van der Waals surface area contributed by atoms with E-state index >= 15 is 0 Å². The van der Waals surface area contributed by atoms with Crippen LogP contribution in [0.2, 0.25) is 5.02 Å². The van der Waals surface area contributed by atoms with Gasteiger partial charge in [0.2, 0.25) is 0 Å². The van der Waals surface area contributed by atoms with Crippen LogP contribution in [0.5, 0.6) is 5.75 Å². The molecule has 1 aliphatic heterocycles. The number of hydrogen-bond acceptors (Lipinski definition) is 2. The fourth-order valence-electron chi connectivity index (χ4n) is 1.81. The summed E-state index contributed by atoms with van der Waals surface area (Å²) in [5.74, 6) is 0.871. The van der Waals surface area contributed by atoms with Gasteiger partial charge >= 0.3 is 0 Å². The lowest BCUT2D eigenvalue weighted by molar-refractivity contribution is 0.219. The summed E-state index contributed by atoms with van der Waals surface area (Å²) in [5, 5.41) is 0.720. The molecule has 1 aromatic rings. The zero-order chi connectivity index (χ0) is 9.97. The molecule has 0 radical (unpaired) electrons. The van der Waals surface area contributed by atoms with E-state index in [1.54, 1.807) is 0 Å². The summed E-state index contributed by atoms with van der Waals surface area (Å²) in [6.45, 7) is 0.726. The molecule has 1 heterocycles. The first-order valence-corrected chi connectivity index (χ1v) is 5.33. The molecular weight excluding hydrogens is 198 g/mol. The lowest BCUT2D eigenvalue weighted by Crippen LogP contribution is -2.14. The number of para-hydroxylation sites is 1. The molecule has 0 aliphatic carbocycles. The third kappa shape index (κ3) is 1.86. The lowest BCUT2D eigenvalue weighted by atomic mass is 10.1. The van der Waals surface area contributed by atoms with Crippen LogP contribution in [-0.2, 0) is 6.42 Å². The number of fused-ring (bicyclic) bond motifs is 1.